The fraction of sp³-hybridized carbons (Fsp3) is 0.697. The van der Waals surface area contributed by atoms with E-state index in [1.165, 1.54) is 19.3 Å². The van der Waals surface area contributed by atoms with Gasteiger partial charge in [-0.05, 0) is 75.6 Å². The molecule has 4 aliphatic heterocycles. The van der Waals surface area contributed by atoms with Gasteiger partial charge >= 0.3 is 0 Å². The van der Waals surface area contributed by atoms with E-state index in [1.807, 2.05) is 20.7 Å². The van der Waals surface area contributed by atoms with E-state index < -0.39 is 11.9 Å². The Morgan fingerprint density at radius 3 is 2.78 bits per heavy atom. The highest BCUT2D eigenvalue weighted by molar-refractivity contribution is 5.99. The molecule has 2 bridgehead atoms. The molecule has 1 N–H and O–H groups in total. The van der Waals surface area contributed by atoms with Gasteiger partial charge < -0.3 is 29.5 Å². The molecule has 6 rings (SSSR count). The van der Waals surface area contributed by atoms with E-state index in [0.29, 0.717) is 51.3 Å². The average Bonchev–Trinajstić information content (AvgIpc) is 3.74. The quantitative estimate of drug-likeness (QED) is 0.437. The molecular weight excluding hydrogens is 588 g/mol. The van der Waals surface area contributed by atoms with E-state index in [1.54, 1.807) is 25.4 Å². The number of methoxy groups -OCH3 is 1. The monoisotopic (exact) mass is 636 g/mol. The number of rotatable bonds is 9. The highest BCUT2D eigenvalue weighted by atomic mass is 16.5. The predicted molar refractivity (Wildman–Crippen MR) is 169 cm³/mol. The number of hydrogen-bond acceptors (Lipinski definition) is 9. The van der Waals surface area contributed by atoms with Gasteiger partial charge in [0, 0.05) is 58.5 Å². The second-order valence-corrected chi connectivity index (χ2v) is 13.2. The maximum atomic E-state index is 14.1. The van der Waals surface area contributed by atoms with Gasteiger partial charge in [-0.2, -0.15) is 0 Å². The number of fused-ring (bicyclic) bond motifs is 3. The van der Waals surface area contributed by atoms with Crippen LogP contribution in [0.25, 0.3) is 0 Å². The van der Waals surface area contributed by atoms with Gasteiger partial charge in [0.2, 0.25) is 17.7 Å². The molecule has 0 unspecified atom stereocenters. The van der Waals surface area contributed by atoms with Crippen LogP contribution >= 0.6 is 0 Å². The van der Waals surface area contributed by atoms with Gasteiger partial charge in [0.1, 0.15) is 11.6 Å². The lowest BCUT2D eigenvalue weighted by atomic mass is 9.80. The van der Waals surface area contributed by atoms with Crippen LogP contribution < -0.4 is 10.1 Å². The molecule has 6 heterocycles. The lowest BCUT2D eigenvalue weighted by Gasteiger charge is -2.40. The van der Waals surface area contributed by atoms with E-state index in [-0.39, 0.29) is 47.6 Å². The van der Waals surface area contributed by atoms with Crippen molar-refractivity contribution in [2.45, 2.75) is 76.4 Å². The Kier molecular flexibility index (Phi) is 10.8. The summed E-state index contributed by atoms with van der Waals surface area (Å²) in [6.07, 6.45) is 11.2. The first-order valence-electron chi connectivity index (χ1n) is 17.1. The second kappa shape index (κ2) is 15.3. The van der Waals surface area contributed by atoms with Crippen LogP contribution in [0.2, 0.25) is 0 Å². The molecular formula is C33H48N8O5. The zero-order chi connectivity index (χ0) is 31.9. The van der Waals surface area contributed by atoms with Gasteiger partial charge in [-0.3, -0.25) is 19.1 Å². The Morgan fingerprint density at radius 1 is 1.07 bits per heavy atom. The van der Waals surface area contributed by atoms with Crippen molar-refractivity contribution in [1.82, 2.24) is 40.0 Å². The molecule has 3 saturated heterocycles. The van der Waals surface area contributed by atoms with Crippen molar-refractivity contribution in [3.63, 3.8) is 0 Å². The van der Waals surface area contributed by atoms with Gasteiger partial charge in [-0.1, -0.05) is 11.6 Å². The molecule has 4 atom stereocenters. The number of nitrogens with one attached hydrogen (secondary N) is 1. The van der Waals surface area contributed by atoms with Crippen molar-refractivity contribution < 1.29 is 23.9 Å². The standard InChI is InChI=1S/C33H48N8O5/c1-45-23-27-7-6-14-41(27)30(42)19-24-9-15-39-21-25(24)10-18-46-32-28(8-5-11-34-32)31(43)35-29(33(39)44)20-26-22-40(37-36-26)17-16-38-12-3-2-4-13-38/h5,8,11,22,24-25,27,29H,2-4,6-7,9-10,12-21,23H2,1H3,(H,35,43)/t24-,25-,27-,29+/m0/s1. The fourth-order valence-electron chi connectivity index (χ4n) is 7.57. The molecule has 13 nitrogen and oxygen atoms in total. The Labute approximate surface area is 271 Å². The number of carbonyl (C=O) groups is 3. The van der Waals surface area contributed by atoms with Gasteiger partial charge in [-0.25, -0.2) is 4.98 Å². The molecule has 2 aromatic heterocycles. The summed E-state index contributed by atoms with van der Waals surface area (Å²) >= 11 is 0. The summed E-state index contributed by atoms with van der Waals surface area (Å²) in [5.41, 5.74) is 0.941. The minimum atomic E-state index is -0.828. The highest BCUT2D eigenvalue weighted by Gasteiger charge is 2.38. The minimum Gasteiger partial charge on any atom is -0.477 e. The molecule has 3 amide bonds. The summed E-state index contributed by atoms with van der Waals surface area (Å²) in [6, 6.07) is 2.66. The van der Waals surface area contributed by atoms with Crippen LogP contribution in [0.5, 0.6) is 5.88 Å². The first kappa shape index (κ1) is 32.4. The minimum absolute atomic E-state index is 0.0729. The average molecular weight is 637 g/mol. The Balaban J connectivity index is 1.17. The van der Waals surface area contributed by atoms with Gasteiger partial charge in [0.05, 0.1) is 31.5 Å². The smallest absolute Gasteiger partial charge is 0.257 e. The third kappa shape index (κ3) is 7.86. The summed E-state index contributed by atoms with van der Waals surface area (Å²) in [7, 11) is 1.68. The predicted octanol–water partition coefficient (Wildman–Crippen LogP) is 1.77. The molecule has 46 heavy (non-hydrogen) atoms. The van der Waals surface area contributed by atoms with Crippen molar-refractivity contribution in [3.05, 3.63) is 35.8 Å². The maximum Gasteiger partial charge on any atom is 0.257 e. The first-order chi connectivity index (χ1) is 22.5. The van der Waals surface area contributed by atoms with E-state index in [9.17, 15) is 14.4 Å². The second-order valence-electron chi connectivity index (χ2n) is 13.2. The number of aromatic nitrogens is 4. The van der Waals surface area contributed by atoms with Crippen molar-refractivity contribution in [2.75, 3.05) is 59.6 Å². The third-order valence-electron chi connectivity index (χ3n) is 10.1. The molecule has 4 aliphatic rings. The third-order valence-corrected chi connectivity index (χ3v) is 10.1. The number of amides is 3. The van der Waals surface area contributed by atoms with Crippen molar-refractivity contribution in [2.24, 2.45) is 11.8 Å². The molecule has 0 radical (unpaired) electrons. The van der Waals surface area contributed by atoms with Crippen molar-refractivity contribution in [1.29, 1.82) is 0 Å². The van der Waals surface area contributed by atoms with Crippen molar-refractivity contribution in [3.8, 4) is 5.88 Å². The Morgan fingerprint density at radius 2 is 1.93 bits per heavy atom. The van der Waals surface area contributed by atoms with Crippen LogP contribution in [0.3, 0.4) is 0 Å². The number of pyridine rings is 1. The molecule has 0 aromatic carbocycles. The van der Waals surface area contributed by atoms with Crippen LogP contribution in [0, 0.1) is 11.8 Å². The number of carbonyl (C=O) groups excluding carboxylic acids is 3. The van der Waals surface area contributed by atoms with Gasteiger partial charge in [0.25, 0.3) is 5.91 Å². The lowest BCUT2D eigenvalue weighted by Crippen LogP contribution is -2.54. The SMILES string of the molecule is COC[C@@H]1CCCN1C(=O)C[C@@H]1CCN2C[C@@H]1CCOc1ncccc1C(=O)N[C@H](Cc1cn(CCN3CCCCC3)nn1)C2=O. The normalized spacial score (nSPS) is 26.1. The van der Waals surface area contributed by atoms with Gasteiger partial charge in [-0.15, -0.1) is 5.10 Å². The number of likely N-dealkylation sites (tertiary alicyclic amines) is 2. The number of ether oxygens (including phenoxy) is 2. The number of nitrogens with zero attached hydrogens (tertiary/aromatic N) is 7. The zero-order valence-electron chi connectivity index (χ0n) is 27.0. The van der Waals surface area contributed by atoms with Crippen LogP contribution in [0.4, 0.5) is 0 Å². The molecule has 0 saturated carbocycles. The zero-order valence-corrected chi connectivity index (χ0v) is 27.0. The summed E-state index contributed by atoms with van der Waals surface area (Å²) in [5, 5.41) is 11.7. The lowest BCUT2D eigenvalue weighted by molar-refractivity contribution is -0.138. The fourth-order valence-corrected chi connectivity index (χ4v) is 7.57. The molecule has 13 heteroatoms. The molecule has 250 valence electrons. The molecule has 2 aromatic rings. The van der Waals surface area contributed by atoms with E-state index in [0.717, 1.165) is 45.6 Å². The van der Waals surface area contributed by atoms with Crippen LogP contribution in [-0.4, -0.2) is 124 Å². The summed E-state index contributed by atoms with van der Waals surface area (Å²) in [5.74, 6) is 0.0594. The molecule has 3 fully saturated rings. The van der Waals surface area contributed by atoms with Gasteiger partial charge in [0.15, 0.2) is 0 Å². The largest absolute Gasteiger partial charge is 0.477 e. The van der Waals surface area contributed by atoms with E-state index in [4.69, 9.17) is 9.47 Å². The topological polar surface area (TPSA) is 135 Å². The van der Waals surface area contributed by atoms with Crippen molar-refractivity contribution >= 4 is 17.7 Å². The van der Waals surface area contributed by atoms with E-state index >= 15 is 0 Å². The first-order valence-corrected chi connectivity index (χ1v) is 17.1. The van der Waals surface area contributed by atoms with Crippen LogP contribution in [0.15, 0.2) is 24.5 Å². The highest BCUT2D eigenvalue weighted by Crippen LogP contribution is 2.32. The number of piperidine rings is 2. The summed E-state index contributed by atoms with van der Waals surface area (Å²) < 4.78 is 13.3. The van der Waals surface area contributed by atoms with E-state index in [2.05, 4.69) is 25.5 Å². The molecule has 0 spiro atoms. The van der Waals surface area contributed by atoms with Crippen LogP contribution in [-0.2, 0) is 27.3 Å². The Bertz CT molecular complexity index is 1350. The molecule has 0 aliphatic carbocycles. The maximum absolute atomic E-state index is 14.1. The summed E-state index contributed by atoms with van der Waals surface area (Å²) in [4.78, 5) is 51.7. The Hall–Kier alpha value is -3.58. The number of hydrogen-bond donors (Lipinski definition) is 1. The summed E-state index contributed by atoms with van der Waals surface area (Å²) in [6.45, 7) is 6.57. The van der Waals surface area contributed by atoms with Crippen LogP contribution in [0.1, 0.15) is 67.4 Å².